The second kappa shape index (κ2) is 10.3. The molecule has 0 aliphatic carbocycles. The SMILES string of the molecule is C(=Nc1ccccc1)c1cccc2ccccc12.CC.CC. The van der Waals surface area contributed by atoms with Crippen LogP contribution in [0.3, 0.4) is 0 Å². The Labute approximate surface area is 134 Å². The first-order chi connectivity index (χ1) is 10.9. The van der Waals surface area contributed by atoms with Gasteiger partial charge in [0.15, 0.2) is 0 Å². The molecule has 0 N–H and O–H groups in total. The maximum atomic E-state index is 4.50. The van der Waals surface area contributed by atoms with Gasteiger partial charge in [-0.2, -0.15) is 0 Å². The zero-order chi connectivity index (χ0) is 16.2. The molecule has 0 bridgehead atoms. The summed E-state index contributed by atoms with van der Waals surface area (Å²) < 4.78 is 0. The summed E-state index contributed by atoms with van der Waals surface area (Å²) in [7, 11) is 0. The van der Waals surface area contributed by atoms with Crippen LogP contribution in [0.25, 0.3) is 10.8 Å². The second-order valence-corrected chi connectivity index (χ2v) is 4.16. The molecule has 0 amide bonds. The Morgan fingerprint density at radius 2 is 1.23 bits per heavy atom. The van der Waals surface area contributed by atoms with Crippen molar-refractivity contribution in [2.45, 2.75) is 27.7 Å². The molecule has 0 atom stereocenters. The van der Waals surface area contributed by atoms with Gasteiger partial charge in [-0.1, -0.05) is 88.4 Å². The van der Waals surface area contributed by atoms with E-state index >= 15 is 0 Å². The minimum Gasteiger partial charge on any atom is -0.256 e. The molecule has 0 radical (unpaired) electrons. The number of nitrogens with zero attached hydrogens (tertiary/aromatic N) is 1. The highest BCUT2D eigenvalue weighted by Crippen LogP contribution is 2.18. The van der Waals surface area contributed by atoms with Crippen LogP contribution in [0.4, 0.5) is 5.69 Å². The van der Waals surface area contributed by atoms with Crippen LogP contribution in [-0.4, -0.2) is 6.21 Å². The van der Waals surface area contributed by atoms with Gasteiger partial charge in [0.1, 0.15) is 0 Å². The van der Waals surface area contributed by atoms with Crippen molar-refractivity contribution in [3.05, 3.63) is 78.4 Å². The summed E-state index contributed by atoms with van der Waals surface area (Å²) in [5.74, 6) is 0. The fraction of sp³-hybridized carbons (Fsp3) is 0.190. The summed E-state index contributed by atoms with van der Waals surface area (Å²) >= 11 is 0. The van der Waals surface area contributed by atoms with Gasteiger partial charge in [0.05, 0.1) is 5.69 Å². The summed E-state index contributed by atoms with van der Waals surface area (Å²) in [6.07, 6.45) is 1.93. The van der Waals surface area contributed by atoms with E-state index in [-0.39, 0.29) is 0 Å². The van der Waals surface area contributed by atoms with Gasteiger partial charge in [0.25, 0.3) is 0 Å². The third-order valence-electron chi connectivity index (χ3n) is 2.93. The number of rotatable bonds is 2. The fourth-order valence-corrected chi connectivity index (χ4v) is 2.02. The fourth-order valence-electron chi connectivity index (χ4n) is 2.02. The molecule has 22 heavy (non-hydrogen) atoms. The van der Waals surface area contributed by atoms with Crippen molar-refractivity contribution < 1.29 is 0 Å². The lowest BCUT2D eigenvalue weighted by molar-refractivity contribution is 1.50. The summed E-state index contributed by atoms with van der Waals surface area (Å²) in [5.41, 5.74) is 2.13. The van der Waals surface area contributed by atoms with Crippen molar-refractivity contribution in [2.24, 2.45) is 4.99 Å². The third-order valence-corrected chi connectivity index (χ3v) is 2.93. The Morgan fingerprint density at radius 3 is 1.95 bits per heavy atom. The molecule has 0 spiro atoms. The predicted octanol–water partition coefficient (Wildman–Crippen LogP) is 6.64. The quantitative estimate of drug-likeness (QED) is 0.469. The molecule has 3 aromatic carbocycles. The molecule has 0 aromatic heterocycles. The van der Waals surface area contributed by atoms with Crippen molar-refractivity contribution in [1.82, 2.24) is 0 Å². The van der Waals surface area contributed by atoms with Crippen LogP contribution < -0.4 is 0 Å². The van der Waals surface area contributed by atoms with Crippen LogP contribution in [0.5, 0.6) is 0 Å². The number of hydrogen-bond acceptors (Lipinski definition) is 1. The molecule has 0 fully saturated rings. The molecule has 0 aliphatic rings. The highest BCUT2D eigenvalue weighted by Gasteiger charge is 1.96. The van der Waals surface area contributed by atoms with Gasteiger partial charge >= 0.3 is 0 Å². The molecule has 1 heteroatoms. The topological polar surface area (TPSA) is 12.4 Å². The van der Waals surface area contributed by atoms with E-state index in [4.69, 9.17) is 0 Å². The predicted molar refractivity (Wildman–Crippen MR) is 100 cm³/mol. The molecule has 0 saturated carbocycles. The third kappa shape index (κ3) is 4.85. The second-order valence-electron chi connectivity index (χ2n) is 4.16. The van der Waals surface area contributed by atoms with Gasteiger partial charge in [-0.15, -0.1) is 0 Å². The minimum atomic E-state index is 0.977. The largest absolute Gasteiger partial charge is 0.256 e. The molecular formula is C21H25N. The minimum absolute atomic E-state index is 0.977. The maximum Gasteiger partial charge on any atom is 0.0629 e. The summed E-state index contributed by atoms with van der Waals surface area (Å²) in [4.78, 5) is 4.50. The highest BCUT2D eigenvalue weighted by atomic mass is 14.7. The van der Waals surface area contributed by atoms with Gasteiger partial charge in [-0.05, 0) is 22.9 Å². The lowest BCUT2D eigenvalue weighted by Crippen LogP contribution is -1.83. The van der Waals surface area contributed by atoms with E-state index in [1.54, 1.807) is 0 Å². The number of aliphatic imine (C=N–C) groups is 1. The molecular weight excluding hydrogens is 266 g/mol. The van der Waals surface area contributed by atoms with Crippen LogP contribution in [0, 0.1) is 0 Å². The van der Waals surface area contributed by atoms with E-state index in [9.17, 15) is 0 Å². The Hall–Kier alpha value is -2.41. The van der Waals surface area contributed by atoms with Crippen LogP contribution in [0.2, 0.25) is 0 Å². The van der Waals surface area contributed by atoms with Gasteiger partial charge < -0.3 is 0 Å². The lowest BCUT2D eigenvalue weighted by Gasteiger charge is -2.01. The van der Waals surface area contributed by atoms with E-state index in [1.807, 2.05) is 64.2 Å². The normalized spacial score (nSPS) is 9.64. The van der Waals surface area contributed by atoms with E-state index in [0.717, 1.165) is 11.3 Å². The van der Waals surface area contributed by atoms with E-state index in [2.05, 4.69) is 47.5 Å². The van der Waals surface area contributed by atoms with Gasteiger partial charge in [-0.3, -0.25) is 4.99 Å². The van der Waals surface area contributed by atoms with E-state index in [1.165, 1.54) is 10.8 Å². The average Bonchev–Trinajstić information content (AvgIpc) is 2.64. The Morgan fingerprint density at radius 1 is 0.636 bits per heavy atom. The molecule has 3 rings (SSSR count). The Kier molecular flexibility index (Phi) is 8.29. The molecule has 3 aromatic rings. The standard InChI is InChI=1S/C17H13N.2C2H6/c1-2-10-16(11-3-1)18-13-15-9-6-8-14-7-4-5-12-17(14)15;2*1-2/h1-13H;2*1-2H3. The van der Waals surface area contributed by atoms with Crippen molar-refractivity contribution >= 4 is 22.7 Å². The van der Waals surface area contributed by atoms with Crippen molar-refractivity contribution in [1.29, 1.82) is 0 Å². The average molecular weight is 291 g/mol. The number of hydrogen-bond donors (Lipinski definition) is 0. The first-order valence-corrected chi connectivity index (χ1v) is 8.00. The van der Waals surface area contributed by atoms with Crippen molar-refractivity contribution in [2.75, 3.05) is 0 Å². The molecule has 0 aliphatic heterocycles. The molecule has 1 nitrogen and oxygen atoms in total. The van der Waals surface area contributed by atoms with E-state index < -0.39 is 0 Å². The van der Waals surface area contributed by atoms with Gasteiger partial charge in [-0.25, -0.2) is 0 Å². The summed E-state index contributed by atoms with van der Waals surface area (Å²) in [5, 5.41) is 2.48. The Bertz CT molecular complexity index is 679. The number of para-hydroxylation sites is 1. The summed E-state index contributed by atoms with van der Waals surface area (Å²) in [6.45, 7) is 8.00. The van der Waals surface area contributed by atoms with Crippen LogP contribution >= 0.6 is 0 Å². The van der Waals surface area contributed by atoms with Gasteiger partial charge in [0, 0.05) is 11.8 Å². The zero-order valence-electron chi connectivity index (χ0n) is 14.0. The maximum absolute atomic E-state index is 4.50. The number of benzene rings is 3. The van der Waals surface area contributed by atoms with Crippen LogP contribution in [-0.2, 0) is 0 Å². The summed E-state index contributed by atoms with van der Waals surface area (Å²) in [6, 6.07) is 24.6. The molecule has 0 saturated heterocycles. The smallest absolute Gasteiger partial charge is 0.0629 e. The lowest BCUT2D eigenvalue weighted by atomic mass is 10.1. The highest BCUT2D eigenvalue weighted by molar-refractivity contribution is 6.00. The van der Waals surface area contributed by atoms with E-state index in [0.29, 0.717) is 0 Å². The van der Waals surface area contributed by atoms with Crippen molar-refractivity contribution in [3.8, 4) is 0 Å². The first-order valence-electron chi connectivity index (χ1n) is 8.00. The molecule has 0 unspecified atom stereocenters. The van der Waals surface area contributed by atoms with Crippen LogP contribution in [0.1, 0.15) is 33.3 Å². The Balaban J connectivity index is 0.000000561. The monoisotopic (exact) mass is 291 g/mol. The number of fused-ring (bicyclic) bond motifs is 1. The molecule has 0 heterocycles. The zero-order valence-corrected chi connectivity index (χ0v) is 14.0. The van der Waals surface area contributed by atoms with Crippen molar-refractivity contribution in [3.63, 3.8) is 0 Å². The first kappa shape index (κ1) is 17.6. The van der Waals surface area contributed by atoms with Gasteiger partial charge in [0.2, 0.25) is 0 Å². The molecule has 114 valence electrons. The van der Waals surface area contributed by atoms with Crippen LogP contribution in [0.15, 0.2) is 77.8 Å².